The molecule has 0 bridgehead atoms. The molecule has 1 heterocycles. The average molecular weight is 386 g/mol. The molecule has 0 aliphatic heterocycles. The molecule has 0 spiro atoms. The highest BCUT2D eigenvalue weighted by atomic mass is 35.5. The predicted molar refractivity (Wildman–Crippen MR) is 105 cm³/mol. The number of ether oxygens (including phenoxy) is 2. The van der Waals surface area contributed by atoms with Gasteiger partial charge in [-0.15, -0.1) is 0 Å². The number of carbonyl (C=O) groups excluding carboxylic acids is 1. The van der Waals surface area contributed by atoms with Gasteiger partial charge in [-0.1, -0.05) is 17.7 Å². The first-order chi connectivity index (χ1) is 13.0. The molecular formula is C20H20ClN3O3. The SMILES string of the molecule is COc1ccc(OC(C)C(=O)Nc2cc(C)nn2-c2cccc(Cl)c2)cc1. The third kappa shape index (κ3) is 4.60. The Labute approximate surface area is 162 Å². The lowest BCUT2D eigenvalue weighted by atomic mass is 10.3. The number of aryl methyl sites for hydroxylation is 1. The minimum Gasteiger partial charge on any atom is -0.497 e. The van der Waals surface area contributed by atoms with Crippen LogP contribution in [0.5, 0.6) is 11.5 Å². The van der Waals surface area contributed by atoms with Crippen LogP contribution in [0.1, 0.15) is 12.6 Å². The molecule has 1 amide bonds. The van der Waals surface area contributed by atoms with Crippen LogP contribution < -0.4 is 14.8 Å². The molecule has 1 aromatic heterocycles. The third-order valence-electron chi connectivity index (χ3n) is 3.88. The lowest BCUT2D eigenvalue weighted by molar-refractivity contribution is -0.122. The van der Waals surface area contributed by atoms with Gasteiger partial charge in [0, 0.05) is 11.1 Å². The standard InChI is InChI=1S/C20H20ClN3O3/c1-13-11-19(24(23-13)16-6-4-5-15(21)12-16)22-20(25)14(2)27-18-9-7-17(26-3)8-10-18/h4-12,14H,1-3H3,(H,22,25). The molecule has 6 nitrogen and oxygen atoms in total. The van der Waals surface area contributed by atoms with Crippen LogP contribution in [-0.4, -0.2) is 28.9 Å². The van der Waals surface area contributed by atoms with Gasteiger partial charge in [0.1, 0.15) is 17.3 Å². The van der Waals surface area contributed by atoms with E-state index in [0.29, 0.717) is 16.6 Å². The summed E-state index contributed by atoms with van der Waals surface area (Å²) in [5.74, 6) is 1.57. The van der Waals surface area contributed by atoms with Gasteiger partial charge in [-0.2, -0.15) is 5.10 Å². The maximum absolute atomic E-state index is 12.6. The lowest BCUT2D eigenvalue weighted by Crippen LogP contribution is -2.30. The minimum atomic E-state index is -0.693. The van der Waals surface area contributed by atoms with E-state index < -0.39 is 6.10 Å². The molecular weight excluding hydrogens is 366 g/mol. The van der Waals surface area contributed by atoms with E-state index >= 15 is 0 Å². The fourth-order valence-corrected chi connectivity index (χ4v) is 2.72. The highest BCUT2D eigenvalue weighted by Crippen LogP contribution is 2.21. The molecule has 1 unspecified atom stereocenters. The molecule has 0 fully saturated rings. The van der Waals surface area contributed by atoms with Crippen molar-refractivity contribution in [2.75, 3.05) is 12.4 Å². The number of nitrogens with zero attached hydrogens (tertiary/aromatic N) is 2. The molecule has 0 radical (unpaired) electrons. The Hall–Kier alpha value is -2.99. The molecule has 0 saturated heterocycles. The first-order valence-corrected chi connectivity index (χ1v) is 8.78. The van der Waals surface area contributed by atoms with Crippen LogP contribution >= 0.6 is 11.6 Å². The van der Waals surface area contributed by atoms with Crippen LogP contribution in [0.2, 0.25) is 5.02 Å². The zero-order chi connectivity index (χ0) is 19.4. The fraction of sp³-hybridized carbons (Fsp3) is 0.200. The van der Waals surface area contributed by atoms with Gasteiger partial charge in [0.25, 0.3) is 5.91 Å². The largest absolute Gasteiger partial charge is 0.497 e. The van der Waals surface area contributed by atoms with Crippen LogP contribution in [0.4, 0.5) is 5.82 Å². The normalized spacial score (nSPS) is 11.7. The Morgan fingerprint density at radius 2 is 1.85 bits per heavy atom. The summed E-state index contributed by atoms with van der Waals surface area (Å²) < 4.78 is 12.5. The summed E-state index contributed by atoms with van der Waals surface area (Å²) in [6.45, 7) is 3.54. The molecule has 27 heavy (non-hydrogen) atoms. The van der Waals surface area contributed by atoms with Crippen LogP contribution in [0.15, 0.2) is 54.6 Å². The Morgan fingerprint density at radius 1 is 1.15 bits per heavy atom. The number of amides is 1. The van der Waals surface area contributed by atoms with Crippen molar-refractivity contribution >= 4 is 23.3 Å². The molecule has 3 rings (SSSR count). The second-order valence-electron chi connectivity index (χ2n) is 5.99. The number of aromatic nitrogens is 2. The number of hydrogen-bond acceptors (Lipinski definition) is 4. The number of rotatable bonds is 6. The van der Waals surface area contributed by atoms with Crippen molar-refractivity contribution in [1.82, 2.24) is 9.78 Å². The van der Waals surface area contributed by atoms with Gasteiger partial charge in [-0.25, -0.2) is 4.68 Å². The van der Waals surface area contributed by atoms with Gasteiger partial charge in [0.15, 0.2) is 6.10 Å². The Bertz CT molecular complexity index is 938. The summed E-state index contributed by atoms with van der Waals surface area (Å²) in [5.41, 5.74) is 1.53. The Kier molecular flexibility index (Phi) is 5.66. The van der Waals surface area contributed by atoms with Crippen molar-refractivity contribution in [3.8, 4) is 17.2 Å². The molecule has 3 aromatic rings. The van der Waals surface area contributed by atoms with Gasteiger partial charge >= 0.3 is 0 Å². The number of methoxy groups -OCH3 is 1. The summed E-state index contributed by atoms with van der Waals surface area (Å²) in [4.78, 5) is 12.6. The highest BCUT2D eigenvalue weighted by Gasteiger charge is 2.18. The molecule has 1 N–H and O–H groups in total. The van der Waals surface area contributed by atoms with E-state index in [1.54, 1.807) is 61.2 Å². The molecule has 0 saturated carbocycles. The fourth-order valence-electron chi connectivity index (χ4n) is 2.53. The van der Waals surface area contributed by atoms with Gasteiger partial charge in [0.2, 0.25) is 0 Å². The summed E-state index contributed by atoms with van der Waals surface area (Å²) in [6, 6.07) is 16.1. The number of benzene rings is 2. The third-order valence-corrected chi connectivity index (χ3v) is 4.11. The summed E-state index contributed by atoms with van der Waals surface area (Å²) in [6.07, 6.45) is -0.693. The maximum Gasteiger partial charge on any atom is 0.266 e. The summed E-state index contributed by atoms with van der Waals surface area (Å²) in [7, 11) is 1.59. The second kappa shape index (κ2) is 8.14. The van der Waals surface area contributed by atoms with E-state index in [4.69, 9.17) is 21.1 Å². The number of halogens is 1. The van der Waals surface area contributed by atoms with Gasteiger partial charge in [0.05, 0.1) is 18.5 Å². The van der Waals surface area contributed by atoms with Crippen molar-refractivity contribution in [1.29, 1.82) is 0 Å². The molecule has 2 aromatic carbocycles. The van der Waals surface area contributed by atoms with Crippen LogP contribution in [0.25, 0.3) is 5.69 Å². The molecule has 7 heteroatoms. The van der Waals surface area contributed by atoms with Crippen LogP contribution in [0, 0.1) is 6.92 Å². The van der Waals surface area contributed by atoms with E-state index in [1.165, 1.54) is 0 Å². The topological polar surface area (TPSA) is 65.4 Å². The smallest absolute Gasteiger partial charge is 0.266 e. The monoisotopic (exact) mass is 385 g/mol. The molecule has 1 atom stereocenters. The summed E-state index contributed by atoms with van der Waals surface area (Å²) in [5, 5.41) is 7.88. The van der Waals surface area contributed by atoms with Crippen molar-refractivity contribution in [2.24, 2.45) is 0 Å². The Balaban J connectivity index is 1.73. The number of nitrogens with one attached hydrogen (secondary N) is 1. The van der Waals surface area contributed by atoms with Crippen molar-refractivity contribution in [3.05, 3.63) is 65.3 Å². The van der Waals surface area contributed by atoms with E-state index in [1.807, 2.05) is 19.1 Å². The average Bonchev–Trinajstić information content (AvgIpc) is 3.02. The van der Waals surface area contributed by atoms with Crippen LogP contribution in [-0.2, 0) is 4.79 Å². The van der Waals surface area contributed by atoms with Crippen molar-refractivity contribution < 1.29 is 14.3 Å². The molecule has 0 aliphatic rings. The molecule has 140 valence electrons. The first-order valence-electron chi connectivity index (χ1n) is 8.40. The van der Waals surface area contributed by atoms with Gasteiger partial charge in [-0.05, 0) is 56.3 Å². The predicted octanol–water partition coefficient (Wildman–Crippen LogP) is 4.25. The second-order valence-corrected chi connectivity index (χ2v) is 6.42. The first kappa shape index (κ1) is 18.8. The van der Waals surface area contributed by atoms with Crippen LogP contribution in [0.3, 0.4) is 0 Å². The van der Waals surface area contributed by atoms with Crippen molar-refractivity contribution in [2.45, 2.75) is 20.0 Å². The number of carbonyl (C=O) groups is 1. The summed E-state index contributed by atoms with van der Waals surface area (Å²) >= 11 is 6.06. The Morgan fingerprint density at radius 3 is 2.52 bits per heavy atom. The highest BCUT2D eigenvalue weighted by molar-refractivity contribution is 6.30. The quantitative estimate of drug-likeness (QED) is 0.689. The maximum atomic E-state index is 12.6. The minimum absolute atomic E-state index is 0.283. The van der Waals surface area contributed by atoms with E-state index in [0.717, 1.165) is 17.1 Å². The van der Waals surface area contributed by atoms with E-state index in [9.17, 15) is 4.79 Å². The zero-order valence-electron chi connectivity index (χ0n) is 15.3. The van der Waals surface area contributed by atoms with Gasteiger partial charge in [-0.3, -0.25) is 4.79 Å². The van der Waals surface area contributed by atoms with E-state index in [-0.39, 0.29) is 5.91 Å². The number of anilines is 1. The number of hydrogen-bond donors (Lipinski definition) is 1. The zero-order valence-corrected chi connectivity index (χ0v) is 16.0. The van der Waals surface area contributed by atoms with Crippen molar-refractivity contribution in [3.63, 3.8) is 0 Å². The molecule has 0 aliphatic carbocycles. The van der Waals surface area contributed by atoms with Gasteiger partial charge < -0.3 is 14.8 Å². The lowest BCUT2D eigenvalue weighted by Gasteiger charge is -2.15. The van der Waals surface area contributed by atoms with E-state index in [2.05, 4.69) is 10.4 Å².